The highest BCUT2D eigenvalue weighted by molar-refractivity contribution is 7.94. The van der Waals surface area contributed by atoms with Crippen LogP contribution in [0.3, 0.4) is 0 Å². The van der Waals surface area contributed by atoms with E-state index in [9.17, 15) is 13.2 Å². The van der Waals surface area contributed by atoms with Crippen molar-refractivity contribution >= 4 is 15.8 Å². The average molecular weight is 270 g/mol. The van der Waals surface area contributed by atoms with Gasteiger partial charge in [0.25, 0.3) is 0 Å². The smallest absolute Gasteiger partial charge is 0.322 e. The molecule has 18 heavy (non-hydrogen) atoms. The lowest BCUT2D eigenvalue weighted by molar-refractivity contribution is -0.136. The largest absolute Gasteiger partial charge is 0.480 e. The first-order chi connectivity index (χ1) is 8.16. The van der Waals surface area contributed by atoms with Crippen molar-refractivity contribution in [1.29, 1.82) is 0 Å². The van der Waals surface area contributed by atoms with E-state index in [2.05, 4.69) is 0 Å². The highest BCUT2D eigenvalue weighted by Gasteiger charge is 2.41. The number of hydrogen-bond acceptors (Lipinski definition) is 3. The van der Waals surface area contributed by atoms with Crippen molar-refractivity contribution in [2.45, 2.75) is 37.2 Å². The summed E-state index contributed by atoms with van der Waals surface area (Å²) >= 11 is 0. The molecule has 0 saturated heterocycles. The summed E-state index contributed by atoms with van der Waals surface area (Å²) in [7, 11) is -3.74. The summed E-state index contributed by atoms with van der Waals surface area (Å²) in [6.45, 7) is 4.55. The van der Waals surface area contributed by atoms with Gasteiger partial charge in [-0.3, -0.25) is 4.79 Å². The Morgan fingerprint density at radius 2 is 1.72 bits per heavy atom. The molecule has 4 nitrogen and oxygen atoms in total. The number of carboxylic acids is 1. The molecule has 1 rings (SSSR count). The summed E-state index contributed by atoms with van der Waals surface area (Å²) in [6.07, 6.45) is -0.00419. The lowest BCUT2D eigenvalue weighted by Gasteiger charge is -2.24. The van der Waals surface area contributed by atoms with Crippen LogP contribution in [0.4, 0.5) is 0 Å². The topological polar surface area (TPSA) is 71.4 Å². The van der Waals surface area contributed by atoms with Gasteiger partial charge < -0.3 is 5.11 Å². The van der Waals surface area contributed by atoms with Gasteiger partial charge in [0.2, 0.25) is 0 Å². The second-order valence-electron chi connectivity index (χ2n) is 5.17. The molecule has 1 aromatic carbocycles. The predicted octanol–water partition coefficient (Wildman–Crippen LogP) is 1.90. The maximum Gasteiger partial charge on any atom is 0.322 e. The van der Waals surface area contributed by atoms with E-state index in [0.717, 1.165) is 0 Å². The monoisotopic (exact) mass is 270 g/mol. The normalized spacial score (nSPS) is 14.2. The van der Waals surface area contributed by atoms with Gasteiger partial charge in [-0.2, -0.15) is 0 Å². The van der Waals surface area contributed by atoms with Crippen molar-refractivity contribution in [2.75, 3.05) is 0 Å². The molecule has 5 heteroatoms. The van der Waals surface area contributed by atoms with Crippen molar-refractivity contribution in [3.63, 3.8) is 0 Å². The molecule has 0 fully saturated rings. The van der Waals surface area contributed by atoms with Crippen LogP contribution in [0.2, 0.25) is 0 Å². The van der Waals surface area contributed by atoms with Crippen molar-refractivity contribution in [2.24, 2.45) is 0 Å². The lowest BCUT2D eigenvalue weighted by Crippen LogP contribution is -2.43. The summed E-state index contributed by atoms with van der Waals surface area (Å²) < 4.78 is 23.4. The zero-order valence-electron chi connectivity index (χ0n) is 10.8. The van der Waals surface area contributed by atoms with Gasteiger partial charge in [-0.15, -0.1) is 0 Å². The maximum atomic E-state index is 12.2. The standard InChI is InChI=1S/C13H18O4S/c1-13(2,3)18(16,17)11(12(14)15)9-10-7-5-4-6-8-10/h4-8,11H,9H2,1-3H3,(H,14,15)/t11-/m1/s1. The van der Waals surface area contributed by atoms with Crippen LogP contribution in [0.25, 0.3) is 0 Å². The third kappa shape index (κ3) is 3.10. The quantitative estimate of drug-likeness (QED) is 0.907. The third-order valence-corrected chi connectivity index (χ3v) is 5.59. The van der Waals surface area contributed by atoms with E-state index in [4.69, 9.17) is 5.11 Å². The summed E-state index contributed by atoms with van der Waals surface area (Å²) in [5, 5.41) is 7.75. The van der Waals surface area contributed by atoms with Crippen LogP contribution in [0.15, 0.2) is 30.3 Å². The Hall–Kier alpha value is -1.36. The lowest BCUT2D eigenvalue weighted by atomic mass is 10.1. The first-order valence-corrected chi connectivity index (χ1v) is 7.21. The van der Waals surface area contributed by atoms with Crippen molar-refractivity contribution in [3.05, 3.63) is 35.9 Å². The van der Waals surface area contributed by atoms with E-state index >= 15 is 0 Å². The molecule has 0 bridgehead atoms. The SMILES string of the molecule is CC(C)(C)S(=O)(=O)[C@H](Cc1ccccc1)C(=O)O. The van der Waals surface area contributed by atoms with Gasteiger partial charge in [0.05, 0.1) is 4.75 Å². The minimum Gasteiger partial charge on any atom is -0.480 e. The second kappa shape index (κ2) is 5.10. The Morgan fingerprint density at radius 3 is 2.11 bits per heavy atom. The molecule has 0 aliphatic rings. The van der Waals surface area contributed by atoms with Crippen LogP contribution in [0, 0.1) is 0 Å². The van der Waals surface area contributed by atoms with Crippen LogP contribution in [0.1, 0.15) is 26.3 Å². The maximum absolute atomic E-state index is 12.2. The minimum absolute atomic E-state index is 0.00419. The van der Waals surface area contributed by atoms with Crippen molar-refractivity contribution in [1.82, 2.24) is 0 Å². The van der Waals surface area contributed by atoms with Crippen LogP contribution in [0.5, 0.6) is 0 Å². The van der Waals surface area contributed by atoms with Gasteiger partial charge >= 0.3 is 5.97 Å². The van der Waals surface area contributed by atoms with Crippen molar-refractivity contribution < 1.29 is 18.3 Å². The van der Waals surface area contributed by atoms with Gasteiger partial charge in [0.15, 0.2) is 15.1 Å². The molecule has 0 unspecified atom stereocenters. The molecule has 0 aromatic heterocycles. The van der Waals surface area contributed by atoms with E-state index in [-0.39, 0.29) is 6.42 Å². The number of benzene rings is 1. The number of carbonyl (C=O) groups is 1. The Labute approximate surface area is 108 Å². The first kappa shape index (κ1) is 14.7. The van der Waals surface area contributed by atoms with Crippen LogP contribution in [-0.4, -0.2) is 29.5 Å². The summed E-state index contributed by atoms with van der Waals surface area (Å²) in [4.78, 5) is 11.2. The molecule has 1 atom stereocenters. The third-order valence-electron chi connectivity index (χ3n) is 2.77. The minimum atomic E-state index is -3.74. The fourth-order valence-electron chi connectivity index (χ4n) is 1.58. The Balaban J connectivity index is 3.10. The van der Waals surface area contributed by atoms with E-state index in [1.807, 2.05) is 0 Å². The average Bonchev–Trinajstić information content (AvgIpc) is 2.25. The fourth-order valence-corrected chi connectivity index (χ4v) is 3.12. The number of carboxylic acid groups (broad SMARTS) is 1. The van der Waals surface area contributed by atoms with Gasteiger partial charge in [0.1, 0.15) is 0 Å². The molecule has 1 aromatic rings. The number of aliphatic carboxylic acids is 1. The molecule has 0 saturated carbocycles. The zero-order chi connectivity index (χ0) is 14.0. The second-order valence-corrected chi connectivity index (χ2v) is 8.06. The summed E-state index contributed by atoms with van der Waals surface area (Å²) in [6, 6.07) is 8.79. The number of hydrogen-bond donors (Lipinski definition) is 1. The highest BCUT2D eigenvalue weighted by atomic mass is 32.2. The predicted molar refractivity (Wildman–Crippen MR) is 70.2 cm³/mol. The Morgan fingerprint density at radius 1 is 1.22 bits per heavy atom. The molecule has 0 amide bonds. The first-order valence-electron chi connectivity index (χ1n) is 5.66. The number of sulfone groups is 1. The molecule has 100 valence electrons. The van der Waals surface area contributed by atoms with Gasteiger partial charge in [-0.25, -0.2) is 8.42 Å². The Bertz CT molecular complexity index is 512. The molecule has 0 radical (unpaired) electrons. The fraction of sp³-hybridized carbons (Fsp3) is 0.462. The van der Waals surface area contributed by atoms with E-state index < -0.39 is 25.8 Å². The Kier molecular flexibility index (Phi) is 4.16. The van der Waals surface area contributed by atoms with Crippen molar-refractivity contribution in [3.8, 4) is 0 Å². The zero-order valence-corrected chi connectivity index (χ0v) is 11.6. The summed E-state index contributed by atoms with van der Waals surface area (Å²) in [5.41, 5.74) is 0.706. The van der Waals surface area contributed by atoms with Crippen LogP contribution < -0.4 is 0 Å². The summed E-state index contributed by atoms with van der Waals surface area (Å²) in [5.74, 6) is -1.30. The van der Waals surface area contributed by atoms with Gasteiger partial charge in [0, 0.05) is 0 Å². The molecule has 0 spiro atoms. The molecule has 0 aliphatic carbocycles. The van der Waals surface area contributed by atoms with E-state index in [1.54, 1.807) is 30.3 Å². The highest BCUT2D eigenvalue weighted by Crippen LogP contribution is 2.23. The van der Waals surface area contributed by atoms with E-state index in [1.165, 1.54) is 20.8 Å². The van der Waals surface area contributed by atoms with Gasteiger partial charge in [-0.05, 0) is 32.8 Å². The van der Waals surface area contributed by atoms with Crippen LogP contribution in [-0.2, 0) is 21.1 Å². The van der Waals surface area contributed by atoms with Gasteiger partial charge in [-0.1, -0.05) is 30.3 Å². The molecule has 1 N–H and O–H groups in total. The molecular formula is C13H18O4S. The molecular weight excluding hydrogens is 252 g/mol. The molecule has 0 heterocycles. The van der Waals surface area contributed by atoms with Crippen LogP contribution >= 0.6 is 0 Å². The molecule has 0 aliphatic heterocycles. The number of rotatable bonds is 4. The van der Waals surface area contributed by atoms with E-state index in [0.29, 0.717) is 5.56 Å².